The SMILES string of the molecule is CN(C)CCNS(=O)(=O)c1ccc(NN)cc1[N+](=O)[O-]. The fraction of sp³-hybridized carbons (Fsp3) is 0.400. The highest BCUT2D eigenvalue weighted by atomic mass is 32.2. The lowest BCUT2D eigenvalue weighted by molar-refractivity contribution is -0.387. The number of nitrogens with two attached hydrogens (primary N) is 1. The first-order chi connectivity index (χ1) is 9.27. The Bertz CT molecular complexity index is 587. The average Bonchev–Trinajstić information content (AvgIpc) is 2.37. The van der Waals surface area contributed by atoms with Crippen molar-refractivity contribution in [1.82, 2.24) is 9.62 Å². The molecule has 1 aromatic carbocycles. The zero-order chi connectivity index (χ0) is 15.3. The van der Waals surface area contributed by atoms with E-state index in [0.29, 0.717) is 6.54 Å². The van der Waals surface area contributed by atoms with E-state index in [0.717, 1.165) is 12.1 Å². The molecule has 0 aliphatic rings. The molecule has 0 heterocycles. The molecule has 0 saturated carbocycles. The minimum absolute atomic E-state index is 0.156. The van der Waals surface area contributed by atoms with Crippen LogP contribution in [0.25, 0.3) is 0 Å². The molecule has 0 saturated heterocycles. The largest absolute Gasteiger partial charge is 0.324 e. The van der Waals surface area contributed by atoms with Crippen LogP contribution in [0.2, 0.25) is 0 Å². The summed E-state index contributed by atoms with van der Waals surface area (Å²) in [6, 6.07) is 3.57. The maximum Gasteiger partial charge on any atom is 0.291 e. The molecule has 0 amide bonds. The molecule has 0 aliphatic heterocycles. The molecular weight excluding hydrogens is 286 g/mol. The summed E-state index contributed by atoms with van der Waals surface area (Å²) in [5, 5.41) is 11.0. The van der Waals surface area contributed by atoms with E-state index in [1.807, 2.05) is 0 Å². The quantitative estimate of drug-likeness (QED) is 0.358. The molecule has 0 unspecified atom stereocenters. The van der Waals surface area contributed by atoms with Gasteiger partial charge in [-0.2, -0.15) is 0 Å². The van der Waals surface area contributed by atoms with Crippen molar-refractivity contribution in [1.29, 1.82) is 0 Å². The second-order valence-electron chi connectivity index (χ2n) is 4.29. The Morgan fingerprint density at radius 1 is 1.40 bits per heavy atom. The van der Waals surface area contributed by atoms with Gasteiger partial charge in [-0.05, 0) is 26.2 Å². The summed E-state index contributed by atoms with van der Waals surface area (Å²) in [7, 11) is -0.363. The van der Waals surface area contributed by atoms with E-state index in [1.54, 1.807) is 19.0 Å². The predicted octanol–water partition coefficient (Wildman–Crippen LogP) is -0.280. The molecule has 1 rings (SSSR count). The highest BCUT2D eigenvalue weighted by Crippen LogP contribution is 2.26. The van der Waals surface area contributed by atoms with Crippen molar-refractivity contribution in [2.24, 2.45) is 5.84 Å². The standard InChI is InChI=1S/C10H17N5O4S/c1-14(2)6-5-12-20(18,19)10-4-3-8(13-11)7-9(10)15(16)17/h3-4,7,12-13H,5-6,11H2,1-2H3. The van der Waals surface area contributed by atoms with Gasteiger partial charge in [-0.1, -0.05) is 0 Å². The Balaban J connectivity index is 3.08. The first-order valence-electron chi connectivity index (χ1n) is 5.67. The van der Waals surface area contributed by atoms with Crippen LogP contribution in [0.15, 0.2) is 23.1 Å². The monoisotopic (exact) mass is 303 g/mol. The predicted molar refractivity (Wildman–Crippen MR) is 74.6 cm³/mol. The lowest BCUT2D eigenvalue weighted by Gasteiger charge is -2.11. The first-order valence-corrected chi connectivity index (χ1v) is 7.15. The summed E-state index contributed by atoms with van der Waals surface area (Å²) < 4.78 is 26.4. The number of sulfonamides is 1. The molecule has 1 aromatic rings. The smallest absolute Gasteiger partial charge is 0.291 e. The van der Waals surface area contributed by atoms with Crippen molar-refractivity contribution in [3.63, 3.8) is 0 Å². The van der Waals surface area contributed by atoms with Gasteiger partial charge in [0.05, 0.1) is 10.6 Å². The number of nitro groups is 1. The van der Waals surface area contributed by atoms with Crippen LogP contribution in [0.3, 0.4) is 0 Å². The molecule has 0 radical (unpaired) electrons. The highest BCUT2D eigenvalue weighted by Gasteiger charge is 2.25. The molecule has 0 aliphatic carbocycles. The van der Waals surface area contributed by atoms with Crippen LogP contribution in [0, 0.1) is 10.1 Å². The number of rotatable bonds is 7. The van der Waals surface area contributed by atoms with Gasteiger partial charge in [-0.25, -0.2) is 13.1 Å². The van der Waals surface area contributed by atoms with Crippen molar-refractivity contribution >= 4 is 21.4 Å². The maximum atomic E-state index is 12.1. The van der Waals surface area contributed by atoms with E-state index in [-0.39, 0.29) is 17.1 Å². The van der Waals surface area contributed by atoms with Gasteiger partial charge in [0.1, 0.15) is 0 Å². The zero-order valence-electron chi connectivity index (χ0n) is 11.2. The molecule has 0 aromatic heterocycles. The van der Waals surface area contributed by atoms with E-state index in [9.17, 15) is 18.5 Å². The van der Waals surface area contributed by atoms with Crippen LogP contribution in [0.5, 0.6) is 0 Å². The zero-order valence-corrected chi connectivity index (χ0v) is 12.0. The van der Waals surface area contributed by atoms with Crippen LogP contribution < -0.4 is 16.0 Å². The Labute approximate surface area is 116 Å². The van der Waals surface area contributed by atoms with E-state index >= 15 is 0 Å². The Morgan fingerprint density at radius 2 is 2.05 bits per heavy atom. The van der Waals surface area contributed by atoms with Crippen molar-refractivity contribution in [3.8, 4) is 0 Å². The minimum atomic E-state index is -3.94. The lowest BCUT2D eigenvalue weighted by Crippen LogP contribution is -2.31. The molecular formula is C10H17N5O4S. The lowest BCUT2D eigenvalue weighted by atomic mass is 10.3. The normalized spacial score (nSPS) is 11.6. The van der Waals surface area contributed by atoms with Crippen LogP contribution in [-0.4, -0.2) is 45.4 Å². The number of nitro benzene ring substituents is 1. The van der Waals surface area contributed by atoms with E-state index in [1.165, 1.54) is 6.07 Å². The van der Waals surface area contributed by atoms with Crippen LogP contribution >= 0.6 is 0 Å². The second kappa shape index (κ2) is 6.61. The molecule has 0 atom stereocenters. The summed E-state index contributed by atoms with van der Waals surface area (Å²) in [4.78, 5) is 11.6. The summed E-state index contributed by atoms with van der Waals surface area (Å²) in [5.41, 5.74) is 1.96. The van der Waals surface area contributed by atoms with Gasteiger partial charge in [0.25, 0.3) is 5.69 Å². The highest BCUT2D eigenvalue weighted by molar-refractivity contribution is 7.89. The van der Waals surface area contributed by atoms with Gasteiger partial charge < -0.3 is 10.3 Å². The second-order valence-corrected chi connectivity index (χ2v) is 6.02. The van der Waals surface area contributed by atoms with E-state index < -0.39 is 20.6 Å². The Morgan fingerprint density at radius 3 is 2.55 bits per heavy atom. The number of hydrazine groups is 1. The van der Waals surface area contributed by atoms with Crippen molar-refractivity contribution in [2.75, 3.05) is 32.6 Å². The van der Waals surface area contributed by atoms with E-state index in [2.05, 4.69) is 10.1 Å². The minimum Gasteiger partial charge on any atom is -0.324 e. The summed E-state index contributed by atoms with van der Waals surface area (Å²) in [5.74, 6) is 5.15. The molecule has 4 N–H and O–H groups in total. The number of hydrogen-bond donors (Lipinski definition) is 3. The van der Waals surface area contributed by atoms with Gasteiger partial charge in [0, 0.05) is 19.2 Å². The first kappa shape index (κ1) is 16.3. The maximum absolute atomic E-state index is 12.1. The van der Waals surface area contributed by atoms with Crippen molar-refractivity contribution in [3.05, 3.63) is 28.3 Å². The van der Waals surface area contributed by atoms with Gasteiger partial charge in [0.2, 0.25) is 10.0 Å². The molecule has 0 fully saturated rings. The molecule has 20 heavy (non-hydrogen) atoms. The number of hydrogen-bond acceptors (Lipinski definition) is 7. The van der Waals surface area contributed by atoms with Crippen molar-refractivity contribution < 1.29 is 13.3 Å². The molecule has 10 heteroatoms. The van der Waals surface area contributed by atoms with Crippen LogP contribution in [0.4, 0.5) is 11.4 Å². The molecule has 112 valence electrons. The van der Waals surface area contributed by atoms with Gasteiger partial charge in [-0.15, -0.1) is 0 Å². The number of nitrogens with one attached hydrogen (secondary N) is 2. The Hall–Kier alpha value is -1.75. The fourth-order valence-electron chi connectivity index (χ4n) is 1.46. The fourth-order valence-corrected chi connectivity index (χ4v) is 2.63. The average molecular weight is 303 g/mol. The van der Waals surface area contributed by atoms with E-state index in [4.69, 9.17) is 5.84 Å². The van der Waals surface area contributed by atoms with Crippen molar-refractivity contribution in [2.45, 2.75) is 4.90 Å². The van der Waals surface area contributed by atoms with Crippen LogP contribution in [0.1, 0.15) is 0 Å². The molecule has 0 bridgehead atoms. The number of likely N-dealkylation sites (N-methyl/N-ethyl adjacent to an activating group) is 1. The summed E-state index contributed by atoms with van der Waals surface area (Å²) >= 11 is 0. The molecule has 9 nitrogen and oxygen atoms in total. The topological polar surface area (TPSA) is 131 Å². The van der Waals surface area contributed by atoms with Gasteiger partial charge in [-0.3, -0.25) is 16.0 Å². The van der Waals surface area contributed by atoms with Crippen LogP contribution in [-0.2, 0) is 10.0 Å². The summed E-state index contributed by atoms with van der Waals surface area (Å²) in [6.07, 6.45) is 0. The number of anilines is 1. The van der Waals surface area contributed by atoms with Gasteiger partial charge in [0.15, 0.2) is 4.90 Å². The number of nitrogens with zero attached hydrogens (tertiary/aromatic N) is 2. The summed E-state index contributed by atoms with van der Waals surface area (Å²) in [6.45, 7) is 0.638. The Kier molecular flexibility index (Phi) is 5.39. The number of nitrogen functional groups attached to an aromatic ring is 1. The van der Waals surface area contributed by atoms with Gasteiger partial charge >= 0.3 is 0 Å². The third kappa shape index (κ3) is 4.13. The number of benzene rings is 1. The third-order valence-electron chi connectivity index (χ3n) is 2.46. The third-order valence-corrected chi connectivity index (χ3v) is 3.97. The molecule has 0 spiro atoms.